The highest BCUT2D eigenvalue weighted by molar-refractivity contribution is 7.10. The fourth-order valence-electron chi connectivity index (χ4n) is 4.19. The molecule has 0 amide bonds. The molecule has 0 radical (unpaired) electrons. The van der Waals surface area contributed by atoms with Gasteiger partial charge in [-0.15, -0.1) is 11.3 Å². The van der Waals surface area contributed by atoms with Crippen LogP contribution in [-0.4, -0.2) is 51.9 Å². The molecule has 1 fully saturated rings. The Hall–Kier alpha value is -2.87. The second-order valence-corrected chi connectivity index (χ2v) is 8.48. The van der Waals surface area contributed by atoms with E-state index in [0.717, 1.165) is 61.4 Å². The summed E-state index contributed by atoms with van der Waals surface area (Å²) >= 11 is 1.72. The summed E-state index contributed by atoms with van der Waals surface area (Å²) in [6.07, 6.45) is 4.89. The number of aromatic nitrogens is 4. The minimum absolute atomic E-state index is 0.166. The number of carbonyl (C=O) groups is 1. The number of nitrogens with zero attached hydrogens (tertiary/aromatic N) is 6. The number of anilines is 2. The Labute approximate surface area is 173 Å². The SMILES string of the molecule is Cc1nc(N2CCN(c3ncccn3)CC2)nc2c1C(=O)C[C@@H](c1cccs1)C2. The normalized spacial score (nSPS) is 19.3. The zero-order valence-corrected chi connectivity index (χ0v) is 17.1. The highest BCUT2D eigenvalue weighted by Gasteiger charge is 2.31. The van der Waals surface area contributed by atoms with Gasteiger partial charge in [-0.2, -0.15) is 0 Å². The summed E-state index contributed by atoms with van der Waals surface area (Å²) in [5.41, 5.74) is 2.43. The largest absolute Gasteiger partial charge is 0.337 e. The second kappa shape index (κ2) is 7.51. The van der Waals surface area contributed by atoms with E-state index in [0.29, 0.717) is 6.42 Å². The highest BCUT2D eigenvalue weighted by atomic mass is 32.1. The molecule has 2 aliphatic rings. The zero-order chi connectivity index (χ0) is 19.8. The molecule has 0 unspecified atom stereocenters. The Morgan fingerprint density at radius 2 is 1.69 bits per heavy atom. The zero-order valence-electron chi connectivity index (χ0n) is 16.3. The summed E-state index contributed by atoms with van der Waals surface area (Å²) < 4.78 is 0. The van der Waals surface area contributed by atoms with Crippen molar-refractivity contribution in [2.24, 2.45) is 0 Å². The molecular formula is C21H22N6OS. The Bertz CT molecular complexity index is 1020. The number of rotatable bonds is 3. The molecule has 0 aromatic carbocycles. The van der Waals surface area contributed by atoms with E-state index in [4.69, 9.17) is 9.97 Å². The Morgan fingerprint density at radius 3 is 2.38 bits per heavy atom. The molecule has 3 aromatic heterocycles. The summed E-state index contributed by atoms with van der Waals surface area (Å²) in [5, 5.41) is 2.07. The van der Waals surface area contributed by atoms with Crippen molar-refractivity contribution in [2.45, 2.75) is 25.7 Å². The third-order valence-corrected chi connectivity index (χ3v) is 6.68. The van der Waals surface area contributed by atoms with Gasteiger partial charge in [0, 0.05) is 55.8 Å². The van der Waals surface area contributed by atoms with Crippen molar-refractivity contribution in [2.75, 3.05) is 36.0 Å². The maximum Gasteiger partial charge on any atom is 0.225 e. The van der Waals surface area contributed by atoms with E-state index in [1.165, 1.54) is 4.88 Å². The molecule has 7 nitrogen and oxygen atoms in total. The molecule has 0 N–H and O–H groups in total. The molecule has 8 heteroatoms. The van der Waals surface area contributed by atoms with Crippen LogP contribution in [0.25, 0.3) is 0 Å². The maximum absolute atomic E-state index is 12.8. The molecule has 3 aromatic rings. The number of Topliss-reactive ketones (excluding diaryl/α,β-unsaturated/α-hetero) is 1. The molecule has 1 aliphatic heterocycles. The van der Waals surface area contributed by atoms with Gasteiger partial charge in [-0.1, -0.05) is 6.07 Å². The quantitative estimate of drug-likeness (QED) is 0.662. The lowest BCUT2D eigenvalue weighted by atomic mass is 9.84. The Balaban J connectivity index is 1.37. The molecule has 0 bridgehead atoms. The van der Waals surface area contributed by atoms with Gasteiger partial charge in [0.15, 0.2) is 5.78 Å². The molecule has 148 valence electrons. The predicted octanol–water partition coefficient (Wildman–Crippen LogP) is 2.88. The first-order valence-corrected chi connectivity index (χ1v) is 10.8. The molecule has 5 rings (SSSR count). The number of hydrogen-bond acceptors (Lipinski definition) is 8. The number of ketones is 1. The summed E-state index contributed by atoms with van der Waals surface area (Å²) in [5.74, 6) is 1.89. The molecule has 1 aliphatic carbocycles. The van der Waals surface area contributed by atoms with Crippen LogP contribution in [0.1, 0.15) is 39.0 Å². The fraction of sp³-hybridized carbons (Fsp3) is 0.381. The number of aryl methyl sites for hydroxylation is 1. The minimum atomic E-state index is 0.166. The van der Waals surface area contributed by atoms with E-state index in [-0.39, 0.29) is 11.7 Å². The summed E-state index contributed by atoms with van der Waals surface area (Å²) in [4.78, 5) is 36.7. The number of piperazine rings is 1. The Kier molecular flexibility index (Phi) is 4.71. The van der Waals surface area contributed by atoms with Crippen LogP contribution in [0, 0.1) is 6.92 Å². The average molecular weight is 407 g/mol. The maximum atomic E-state index is 12.8. The lowest BCUT2D eigenvalue weighted by molar-refractivity contribution is 0.0962. The third kappa shape index (κ3) is 3.48. The van der Waals surface area contributed by atoms with Gasteiger partial charge < -0.3 is 9.80 Å². The fourth-order valence-corrected chi connectivity index (χ4v) is 5.02. The average Bonchev–Trinajstić information content (AvgIpc) is 3.29. The summed E-state index contributed by atoms with van der Waals surface area (Å²) in [6.45, 7) is 5.18. The number of fused-ring (bicyclic) bond motifs is 1. The van der Waals surface area contributed by atoms with Crippen LogP contribution in [0.5, 0.6) is 0 Å². The minimum Gasteiger partial charge on any atom is -0.337 e. The van der Waals surface area contributed by atoms with E-state index >= 15 is 0 Å². The summed E-state index contributed by atoms with van der Waals surface area (Å²) in [7, 11) is 0. The smallest absolute Gasteiger partial charge is 0.225 e. The second-order valence-electron chi connectivity index (χ2n) is 7.50. The van der Waals surface area contributed by atoms with Crippen LogP contribution in [0.2, 0.25) is 0 Å². The monoisotopic (exact) mass is 406 g/mol. The number of hydrogen-bond donors (Lipinski definition) is 0. The van der Waals surface area contributed by atoms with Gasteiger partial charge in [-0.25, -0.2) is 19.9 Å². The van der Waals surface area contributed by atoms with Gasteiger partial charge in [-0.3, -0.25) is 4.79 Å². The predicted molar refractivity (Wildman–Crippen MR) is 113 cm³/mol. The lowest BCUT2D eigenvalue weighted by Gasteiger charge is -2.35. The van der Waals surface area contributed by atoms with E-state index < -0.39 is 0 Å². The summed E-state index contributed by atoms with van der Waals surface area (Å²) in [6, 6.07) is 5.99. The molecular weight excluding hydrogens is 384 g/mol. The van der Waals surface area contributed by atoms with Crippen molar-refractivity contribution in [1.29, 1.82) is 0 Å². The lowest BCUT2D eigenvalue weighted by Crippen LogP contribution is -2.48. The van der Waals surface area contributed by atoms with Crippen molar-refractivity contribution in [3.63, 3.8) is 0 Å². The van der Waals surface area contributed by atoms with Crippen LogP contribution >= 0.6 is 11.3 Å². The first-order valence-electron chi connectivity index (χ1n) is 9.90. The van der Waals surface area contributed by atoms with Gasteiger partial charge in [0.1, 0.15) is 0 Å². The van der Waals surface area contributed by atoms with Gasteiger partial charge in [0.05, 0.1) is 17.0 Å². The van der Waals surface area contributed by atoms with E-state index in [9.17, 15) is 4.79 Å². The molecule has 0 saturated carbocycles. The van der Waals surface area contributed by atoms with Crippen molar-refractivity contribution < 1.29 is 4.79 Å². The molecule has 0 spiro atoms. The standard InChI is InChI=1S/C21H22N6OS/c1-14-19-16(12-15(13-17(19)28)18-4-2-11-29-18)25-21(24-14)27-9-7-26(8-10-27)20-22-5-3-6-23-20/h2-6,11,15H,7-10,12-13H2,1H3/t15-/m0/s1. The van der Waals surface area contributed by atoms with Gasteiger partial charge in [0.2, 0.25) is 11.9 Å². The van der Waals surface area contributed by atoms with E-state index in [1.54, 1.807) is 23.7 Å². The van der Waals surface area contributed by atoms with Crippen molar-refractivity contribution >= 4 is 29.0 Å². The van der Waals surface area contributed by atoms with Gasteiger partial charge in [0.25, 0.3) is 0 Å². The number of carbonyl (C=O) groups excluding carboxylic acids is 1. The van der Waals surface area contributed by atoms with Gasteiger partial charge >= 0.3 is 0 Å². The first kappa shape index (κ1) is 18.2. The van der Waals surface area contributed by atoms with E-state index in [2.05, 4.69) is 31.2 Å². The molecule has 29 heavy (non-hydrogen) atoms. The molecule has 1 saturated heterocycles. The van der Waals surface area contributed by atoms with Crippen LogP contribution in [0.3, 0.4) is 0 Å². The van der Waals surface area contributed by atoms with Crippen LogP contribution < -0.4 is 9.80 Å². The Morgan fingerprint density at radius 1 is 0.966 bits per heavy atom. The van der Waals surface area contributed by atoms with Crippen molar-refractivity contribution in [3.05, 3.63) is 57.8 Å². The highest BCUT2D eigenvalue weighted by Crippen LogP contribution is 2.35. The van der Waals surface area contributed by atoms with Gasteiger partial charge in [-0.05, 0) is 30.9 Å². The number of thiophene rings is 1. The third-order valence-electron chi connectivity index (χ3n) is 5.65. The van der Waals surface area contributed by atoms with Crippen molar-refractivity contribution in [1.82, 2.24) is 19.9 Å². The van der Waals surface area contributed by atoms with E-state index in [1.807, 2.05) is 19.1 Å². The first-order chi connectivity index (χ1) is 14.2. The van der Waals surface area contributed by atoms with Crippen molar-refractivity contribution in [3.8, 4) is 0 Å². The van der Waals surface area contributed by atoms with Crippen LogP contribution in [-0.2, 0) is 6.42 Å². The molecule has 1 atom stereocenters. The topological polar surface area (TPSA) is 75.1 Å². The molecule has 4 heterocycles. The van der Waals surface area contributed by atoms with Crippen LogP contribution in [0.4, 0.5) is 11.9 Å². The van der Waals surface area contributed by atoms with Crippen LogP contribution in [0.15, 0.2) is 36.0 Å².